The SMILES string of the molecule is N=C(/C(=C1\NC(c2ccccc2)=Cc2c1cccc2-c1cc(-c2cccc(-c3ccccc3)c2)nc(-c2cccc(-c3ccccc3)c2)c1)c1ccccc1)c1ccccc1. The van der Waals surface area contributed by atoms with Gasteiger partial charge in [0.1, 0.15) is 0 Å². The predicted octanol–water partition coefficient (Wildman–Crippen LogP) is 14.5. The van der Waals surface area contributed by atoms with Crippen LogP contribution < -0.4 is 5.32 Å². The maximum Gasteiger partial charge on any atom is 0.0715 e. The highest BCUT2D eigenvalue weighted by Crippen LogP contribution is 2.42. The Labute approximate surface area is 357 Å². The lowest BCUT2D eigenvalue weighted by Crippen LogP contribution is -2.20. The molecule has 61 heavy (non-hydrogen) atoms. The van der Waals surface area contributed by atoms with E-state index in [1.165, 1.54) is 0 Å². The Balaban J connectivity index is 1.22. The second-order valence-corrected chi connectivity index (χ2v) is 15.2. The summed E-state index contributed by atoms with van der Waals surface area (Å²) in [6.45, 7) is 0. The molecule has 1 aliphatic heterocycles. The van der Waals surface area contributed by atoms with Crippen LogP contribution >= 0.6 is 0 Å². The molecule has 0 radical (unpaired) electrons. The van der Waals surface area contributed by atoms with E-state index in [2.05, 4.69) is 187 Å². The molecular weight excluding hydrogens is 739 g/mol. The average molecular weight is 780 g/mol. The largest absolute Gasteiger partial charge is 0.354 e. The molecule has 0 fully saturated rings. The highest BCUT2D eigenvalue weighted by atomic mass is 14.9. The van der Waals surface area contributed by atoms with Gasteiger partial charge in [0.15, 0.2) is 0 Å². The van der Waals surface area contributed by atoms with Crippen molar-refractivity contribution in [2.24, 2.45) is 0 Å². The Kier molecular flexibility index (Phi) is 10.1. The van der Waals surface area contributed by atoms with Crippen molar-refractivity contribution in [1.82, 2.24) is 10.3 Å². The number of benzene rings is 8. The summed E-state index contributed by atoms with van der Waals surface area (Å²) in [5.41, 5.74) is 18.7. The lowest BCUT2D eigenvalue weighted by molar-refractivity contribution is 1.22. The van der Waals surface area contributed by atoms with E-state index >= 15 is 0 Å². The Morgan fingerprint density at radius 2 is 0.787 bits per heavy atom. The van der Waals surface area contributed by atoms with Gasteiger partial charge in [-0.05, 0) is 80.4 Å². The maximum atomic E-state index is 9.77. The van der Waals surface area contributed by atoms with E-state index in [0.29, 0.717) is 5.71 Å². The number of pyridine rings is 1. The number of hydrogen-bond donors (Lipinski definition) is 2. The van der Waals surface area contributed by atoms with E-state index in [9.17, 15) is 5.41 Å². The number of aromatic nitrogens is 1. The monoisotopic (exact) mass is 779 g/mol. The van der Waals surface area contributed by atoms with Crippen LogP contribution in [0.5, 0.6) is 0 Å². The smallest absolute Gasteiger partial charge is 0.0715 e. The molecule has 0 atom stereocenters. The molecule has 1 aromatic heterocycles. The van der Waals surface area contributed by atoms with Crippen molar-refractivity contribution in [2.45, 2.75) is 0 Å². The summed E-state index contributed by atoms with van der Waals surface area (Å²) in [5.74, 6) is 0. The molecule has 0 aliphatic carbocycles. The van der Waals surface area contributed by atoms with Crippen molar-refractivity contribution in [2.75, 3.05) is 0 Å². The predicted molar refractivity (Wildman–Crippen MR) is 255 cm³/mol. The molecule has 3 nitrogen and oxygen atoms in total. The molecule has 0 saturated heterocycles. The topological polar surface area (TPSA) is 48.8 Å². The van der Waals surface area contributed by atoms with Crippen LogP contribution in [0.2, 0.25) is 0 Å². The molecule has 0 bridgehead atoms. The van der Waals surface area contributed by atoms with E-state index in [1.54, 1.807) is 0 Å². The molecule has 0 unspecified atom stereocenters. The molecule has 10 rings (SSSR count). The summed E-state index contributed by atoms with van der Waals surface area (Å²) >= 11 is 0. The third kappa shape index (κ3) is 7.65. The standard InChI is InChI=1S/C58H41N3/c59-57(44-27-14-5-15-28-44)56(43-25-12-4-13-26-43)58-51-34-18-33-50(52(51)39-55(61-58)42-23-10-3-11-24-42)49-37-53(47-31-16-29-45(35-47)40-19-6-1-7-20-40)60-54(38-49)48-32-17-30-46(36-48)41-21-8-2-9-22-41/h1-39,59,61H/b58-56-,59-57?. The number of hydrogen-bond acceptors (Lipinski definition) is 3. The first-order valence-electron chi connectivity index (χ1n) is 20.6. The number of nitrogens with one attached hydrogen (secondary N) is 2. The minimum atomic E-state index is 0.449. The lowest BCUT2D eigenvalue weighted by atomic mass is 9.85. The number of allylic oxidation sites excluding steroid dienone is 1. The van der Waals surface area contributed by atoms with Gasteiger partial charge in [0.25, 0.3) is 0 Å². The first-order valence-corrected chi connectivity index (χ1v) is 20.6. The van der Waals surface area contributed by atoms with Crippen LogP contribution in [-0.2, 0) is 0 Å². The van der Waals surface area contributed by atoms with Gasteiger partial charge in [0.2, 0.25) is 0 Å². The Hall–Kier alpha value is -8.14. The molecule has 8 aromatic carbocycles. The van der Waals surface area contributed by atoms with Crippen molar-refractivity contribution >= 4 is 28.8 Å². The van der Waals surface area contributed by atoms with E-state index in [1.807, 2.05) is 54.6 Å². The first kappa shape index (κ1) is 37.2. The van der Waals surface area contributed by atoms with Gasteiger partial charge in [0, 0.05) is 33.5 Å². The molecule has 0 spiro atoms. The molecule has 3 heteroatoms. The van der Waals surface area contributed by atoms with Crippen molar-refractivity contribution < 1.29 is 0 Å². The Morgan fingerprint density at radius 3 is 1.33 bits per heavy atom. The fraction of sp³-hybridized carbons (Fsp3) is 0. The fourth-order valence-corrected chi connectivity index (χ4v) is 8.27. The maximum absolute atomic E-state index is 9.77. The molecule has 0 amide bonds. The van der Waals surface area contributed by atoms with Crippen LogP contribution in [-0.4, -0.2) is 10.7 Å². The zero-order chi connectivity index (χ0) is 41.0. The Bertz CT molecular complexity index is 2980. The molecule has 288 valence electrons. The lowest BCUT2D eigenvalue weighted by Gasteiger charge is -2.28. The first-order chi connectivity index (χ1) is 30.2. The highest BCUT2D eigenvalue weighted by Gasteiger charge is 2.26. The van der Waals surface area contributed by atoms with Crippen molar-refractivity contribution in [3.8, 4) is 55.9 Å². The molecule has 9 aromatic rings. The van der Waals surface area contributed by atoms with Crippen LogP contribution in [0.25, 0.3) is 78.9 Å². The van der Waals surface area contributed by atoms with Crippen molar-refractivity contribution in [3.63, 3.8) is 0 Å². The summed E-state index contributed by atoms with van der Waals surface area (Å²) in [6, 6.07) is 80.2. The third-order valence-corrected chi connectivity index (χ3v) is 11.3. The average Bonchev–Trinajstić information content (AvgIpc) is 3.35. The van der Waals surface area contributed by atoms with Gasteiger partial charge in [-0.2, -0.15) is 0 Å². The van der Waals surface area contributed by atoms with Crippen LogP contribution in [0.1, 0.15) is 27.8 Å². The van der Waals surface area contributed by atoms with Gasteiger partial charge >= 0.3 is 0 Å². The van der Waals surface area contributed by atoms with Gasteiger partial charge in [-0.3, -0.25) is 5.41 Å². The molecule has 1 aliphatic rings. The number of fused-ring (bicyclic) bond motifs is 1. The Morgan fingerprint density at radius 1 is 0.361 bits per heavy atom. The van der Waals surface area contributed by atoms with Gasteiger partial charge in [-0.15, -0.1) is 0 Å². The van der Waals surface area contributed by atoms with Crippen molar-refractivity contribution in [3.05, 3.63) is 258 Å². The zero-order valence-electron chi connectivity index (χ0n) is 33.5. The summed E-state index contributed by atoms with van der Waals surface area (Å²) in [5, 5.41) is 13.6. The van der Waals surface area contributed by atoms with Crippen LogP contribution in [0.15, 0.2) is 231 Å². The van der Waals surface area contributed by atoms with Crippen LogP contribution in [0, 0.1) is 5.41 Å². The van der Waals surface area contributed by atoms with Gasteiger partial charge in [0.05, 0.1) is 22.8 Å². The second kappa shape index (κ2) is 16.6. The molecule has 2 heterocycles. The fourth-order valence-electron chi connectivity index (χ4n) is 8.27. The van der Waals surface area contributed by atoms with Gasteiger partial charge in [-0.1, -0.05) is 206 Å². The zero-order valence-corrected chi connectivity index (χ0v) is 33.5. The molecular formula is C58H41N3. The van der Waals surface area contributed by atoms with E-state index in [0.717, 1.165) is 101 Å². The minimum Gasteiger partial charge on any atom is -0.354 e. The normalized spacial score (nSPS) is 12.8. The summed E-state index contributed by atoms with van der Waals surface area (Å²) < 4.78 is 0. The number of rotatable bonds is 9. The number of nitrogens with zero attached hydrogens (tertiary/aromatic N) is 1. The van der Waals surface area contributed by atoms with E-state index in [4.69, 9.17) is 4.98 Å². The second-order valence-electron chi connectivity index (χ2n) is 15.2. The summed E-state index contributed by atoms with van der Waals surface area (Å²) in [4.78, 5) is 5.42. The van der Waals surface area contributed by atoms with Gasteiger partial charge in [-0.25, -0.2) is 4.98 Å². The molecule has 0 saturated carbocycles. The van der Waals surface area contributed by atoms with E-state index in [-0.39, 0.29) is 0 Å². The van der Waals surface area contributed by atoms with E-state index < -0.39 is 0 Å². The summed E-state index contributed by atoms with van der Waals surface area (Å²) in [6.07, 6.45) is 2.27. The van der Waals surface area contributed by atoms with Crippen molar-refractivity contribution in [1.29, 1.82) is 5.41 Å². The van der Waals surface area contributed by atoms with Gasteiger partial charge < -0.3 is 5.32 Å². The quantitative estimate of drug-likeness (QED) is 0.143. The third-order valence-electron chi connectivity index (χ3n) is 11.3. The van der Waals surface area contributed by atoms with Crippen LogP contribution in [0.3, 0.4) is 0 Å². The summed E-state index contributed by atoms with van der Waals surface area (Å²) in [7, 11) is 0. The minimum absolute atomic E-state index is 0.449. The molecule has 2 N–H and O–H groups in total. The van der Waals surface area contributed by atoms with Crippen LogP contribution in [0.4, 0.5) is 0 Å². The highest BCUT2D eigenvalue weighted by molar-refractivity contribution is 6.36.